The summed E-state index contributed by atoms with van der Waals surface area (Å²) in [7, 11) is -4.20. The molecule has 1 aromatic rings. The van der Waals surface area contributed by atoms with Crippen LogP contribution in [-0.4, -0.2) is 50.7 Å². The van der Waals surface area contributed by atoms with Gasteiger partial charge in [0.25, 0.3) is 0 Å². The van der Waals surface area contributed by atoms with Crippen LogP contribution in [0.1, 0.15) is 19.8 Å². The SMILES string of the molecule is CC1CCN(CC(O)CNS(=O)(=O)c2cccc(F)c2F)CC1. The van der Waals surface area contributed by atoms with Crippen molar-refractivity contribution in [2.75, 3.05) is 26.2 Å². The van der Waals surface area contributed by atoms with Crippen LogP contribution < -0.4 is 4.72 Å². The summed E-state index contributed by atoms with van der Waals surface area (Å²) in [6, 6.07) is 2.96. The quantitative estimate of drug-likeness (QED) is 0.814. The molecule has 1 aliphatic rings. The van der Waals surface area contributed by atoms with Gasteiger partial charge in [-0.1, -0.05) is 13.0 Å². The first-order valence-electron chi connectivity index (χ1n) is 7.63. The van der Waals surface area contributed by atoms with E-state index in [4.69, 9.17) is 0 Å². The van der Waals surface area contributed by atoms with Crippen LogP contribution in [0.2, 0.25) is 0 Å². The van der Waals surface area contributed by atoms with Gasteiger partial charge in [-0.05, 0) is 44.0 Å². The molecule has 0 bridgehead atoms. The van der Waals surface area contributed by atoms with Crippen molar-refractivity contribution in [2.45, 2.75) is 30.8 Å². The molecule has 1 aliphatic heterocycles. The minimum Gasteiger partial charge on any atom is -0.390 e. The third kappa shape index (κ3) is 4.94. The van der Waals surface area contributed by atoms with Crippen molar-refractivity contribution in [1.29, 1.82) is 0 Å². The number of piperidine rings is 1. The molecule has 23 heavy (non-hydrogen) atoms. The molecule has 0 spiro atoms. The molecule has 130 valence electrons. The Labute approximate surface area is 135 Å². The molecule has 2 rings (SSSR count). The smallest absolute Gasteiger partial charge is 0.243 e. The number of aliphatic hydroxyl groups is 1. The maximum Gasteiger partial charge on any atom is 0.243 e. The second-order valence-corrected chi connectivity index (χ2v) is 7.78. The zero-order valence-electron chi connectivity index (χ0n) is 13.0. The van der Waals surface area contributed by atoms with E-state index in [0.29, 0.717) is 12.5 Å². The molecule has 1 aromatic carbocycles. The van der Waals surface area contributed by atoms with E-state index in [0.717, 1.165) is 44.1 Å². The Morgan fingerprint density at radius 1 is 1.35 bits per heavy atom. The summed E-state index contributed by atoms with van der Waals surface area (Å²) in [5, 5.41) is 9.97. The average Bonchev–Trinajstić information content (AvgIpc) is 2.50. The Morgan fingerprint density at radius 3 is 2.65 bits per heavy atom. The van der Waals surface area contributed by atoms with Crippen molar-refractivity contribution in [3.8, 4) is 0 Å². The molecular weight excluding hydrogens is 326 g/mol. The summed E-state index contributed by atoms with van der Waals surface area (Å²) in [5.74, 6) is -1.98. The summed E-state index contributed by atoms with van der Waals surface area (Å²) in [4.78, 5) is 1.32. The van der Waals surface area contributed by atoms with E-state index >= 15 is 0 Å². The van der Waals surface area contributed by atoms with Crippen LogP contribution >= 0.6 is 0 Å². The molecule has 0 saturated carbocycles. The number of hydrogen-bond acceptors (Lipinski definition) is 4. The van der Waals surface area contributed by atoms with Gasteiger partial charge in [-0.3, -0.25) is 0 Å². The number of aliphatic hydroxyl groups excluding tert-OH is 1. The van der Waals surface area contributed by atoms with Gasteiger partial charge in [-0.25, -0.2) is 21.9 Å². The summed E-state index contributed by atoms with van der Waals surface area (Å²) < 4.78 is 52.8. The second-order valence-electron chi connectivity index (χ2n) is 6.04. The standard InChI is InChI=1S/C15H22F2N2O3S/c1-11-5-7-19(8-6-11)10-12(20)9-18-23(21,22)14-4-2-3-13(16)15(14)17/h2-4,11-12,18,20H,5-10H2,1H3. The Morgan fingerprint density at radius 2 is 2.00 bits per heavy atom. The predicted molar refractivity (Wildman–Crippen MR) is 82.4 cm³/mol. The minimum atomic E-state index is -4.20. The molecule has 1 unspecified atom stereocenters. The Hall–Kier alpha value is -1.09. The van der Waals surface area contributed by atoms with Gasteiger partial charge in [-0.2, -0.15) is 0 Å². The van der Waals surface area contributed by atoms with Crippen molar-refractivity contribution in [3.63, 3.8) is 0 Å². The number of likely N-dealkylation sites (tertiary alicyclic amines) is 1. The topological polar surface area (TPSA) is 69.6 Å². The van der Waals surface area contributed by atoms with E-state index in [1.165, 1.54) is 0 Å². The van der Waals surface area contributed by atoms with Crippen molar-refractivity contribution < 1.29 is 22.3 Å². The lowest BCUT2D eigenvalue weighted by Crippen LogP contribution is -2.43. The van der Waals surface area contributed by atoms with Gasteiger partial charge >= 0.3 is 0 Å². The van der Waals surface area contributed by atoms with Crippen LogP contribution in [0.25, 0.3) is 0 Å². The predicted octanol–water partition coefficient (Wildman–Crippen LogP) is 1.34. The maximum atomic E-state index is 13.6. The van der Waals surface area contributed by atoms with Crippen LogP contribution in [0, 0.1) is 17.6 Å². The highest BCUT2D eigenvalue weighted by atomic mass is 32.2. The van der Waals surface area contributed by atoms with Gasteiger partial charge in [-0.15, -0.1) is 0 Å². The zero-order valence-corrected chi connectivity index (χ0v) is 13.8. The third-order valence-electron chi connectivity index (χ3n) is 4.06. The monoisotopic (exact) mass is 348 g/mol. The van der Waals surface area contributed by atoms with Gasteiger partial charge in [0.2, 0.25) is 10.0 Å². The first kappa shape index (κ1) is 18.3. The lowest BCUT2D eigenvalue weighted by Gasteiger charge is -2.31. The van der Waals surface area contributed by atoms with Crippen LogP contribution in [0.15, 0.2) is 23.1 Å². The Balaban J connectivity index is 1.90. The molecule has 1 fully saturated rings. The van der Waals surface area contributed by atoms with E-state index in [1.54, 1.807) is 0 Å². The largest absolute Gasteiger partial charge is 0.390 e. The minimum absolute atomic E-state index is 0.246. The zero-order chi connectivity index (χ0) is 17.0. The van der Waals surface area contributed by atoms with Crippen LogP contribution in [0.4, 0.5) is 8.78 Å². The number of nitrogens with one attached hydrogen (secondary N) is 1. The van der Waals surface area contributed by atoms with E-state index in [2.05, 4.69) is 16.5 Å². The highest BCUT2D eigenvalue weighted by Gasteiger charge is 2.23. The maximum absolute atomic E-state index is 13.6. The first-order chi connectivity index (χ1) is 10.8. The molecule has 8 heteroatoms. The lowest BCUT2D eigenvalue weighted by molar-refractivity contribution is 0.0942. The highest BCUT2D eigenvalue weighted by molar-refractivity contribution is 7.89. The lowest BCUT2D eigenvalue weighted by atomic mass is 9.99. The summed E-state index contributed by atoms with van der Waals surface area (Å²) in [6.45, 7) is 4.01. The fourth-order valence-electron chi connectivity index (χ4n) is 2.58. The highest BCUT2D eigenvalue weighted by Crippen LogP contribution is 2.17. The molecule has 1 atom stereocenters. The molecule has 0 aliphatic carbocycles. The first-order valence-corrected chi connectivity index (χ1v) is 9.12. The molecular formula is C15H22F2N2O3S. The molecule has 2 N–H and O–H groups in total. The van der Waals surface area contributed by atoms with E-state index in [9.17, 15) is 22.3 Å². The van der Waals surface area contributed by atoms with Crippen molar-refractivity contribution in [1.82, 2.24) is 9.62 Å². The summed E-state index contributed by atoms with van der Waals surface area (Å²) in [5.41, 5.74) is 0. The summed E-state index contributed by atoms with van der Waals surface area (Å²) in [6.07, 6.45) is 1.19. The van der Waals surface area contributed by atoms with Crippen LogP contribution in [-0.2, 0) is 10.0 Å². The number of sulfonamides is 1. The second kappa shape index (κ2) is 7.65. The van der Waals surface area contributed by atoms with Crippen molar-refractivity contribution >= 4 is 10.0 Å². The third-order valence-corrected chi connectivity index (χ3v) is 5.50. The number of nitrogens with zero attached hydrogens (tertiary/aromatic N) is 1. The fourth-order valence-corrected chi connectivity index (χ4v) is 3.74. The molecule has 1 heterocycles. The molecule has 0 aromatic heterocycles. The molecule has 0 radical (unpaired) electrons. The van der Waals surface area contributed by atoms with E-state index < -0.39 is 32.7 Å². The molecule has 0 amide bonds. The van der Waals surface area contributed by atoms with Crippen LogP contribution in [0.5, 0.6) is 0 Å². The molecule has 1 saturated heterocycles. The van der Waals surface area contributed by atoms with Gasteiger partial charge in [0.05, 0.1) is 6.10 Å². The number of halogens is 2. The van der Waals surface area contributed by atoms with Gasteiger partial charge < -0.3 is 10.0 Å². The number of hydrogen-bond donors (Lipinski definition) is 2. The average molecular weight is 348 g/mol. The fraction of sp³-hybridized carbons (Fsp3) is 0.600. The van der Waals surface area contributed by atoms with E-state index in [1.807, 2.05) is 0 Å². The van der Waals surface area contributed by atoms with Gasteiger partial charge in [0.15, 0.2) is 11.6 Å². The Kier molecular flexibility index (Phi) is 6.07. The Bertz CT molecular complexity index is 632. The van der Waals surface area contributed by atoms with Crippen molar-refractivity contribution in [3.05, 3.63) is 29.8 Å². The molecule has 5 nitrogen and oxygen atoms in total. The van der Waals surface area contributed by atoms with Gasteiger partial charge in [0, 0.05) is 13.1 Å². The van der Waals surface area contributed by atoms with Gasteiger partial charge in [0.1, 0.15) is 4.90 Å². The van der Waals surface area contributed by atoms with Crippen LogP contribution in [0.3, 0.4) is 0 Å². The van der Waals surface area contributed by atoms with Crippen molar-refractivity contribution in [2.24, 2.45) is 5.92 Å². The number of β-amino-alcohol motifs (C(OH)–C–C–N with tert-alkyl or cyclic N) is 1. The normalized spacial score (nSPS) is 19.0. The van der Waals surface area contributed by atoms with E-state index in [-0.39, 0.29) is 6.54 Å². The number of benzene rings is 1. The summed E-state index contributed by atoms with van der Waals surface area (Å²) >= 11 is 0. The number of rotatable bonds is 6.